The van der Waals surface area contributed by atoms with Gasteiger partial charge in [-0.15, -0.1) is 0 Å². The summed E-state index contributed by atoms with van der Waals surface area (Å²) in [5.74, 6) is 7.04. The summed E-state index contributed by atoms with van der Waals surface area (Å²) in [7, 11) is 0. The third kappa shape index (κ3) is 2.93. The molecule has 0 bridgehead atoms. The van der Waals surface area contributed by atoms with Crippen LogP contribution in [0.5, 0.6) is 0 Å². The van der Waals surface area contributed by atoms with E-state index in [1.54, 1.807) is 11.2 Å². The fourth-order valence-electron chi connectivity index (χ4n) is 0.997. The number of nitrogens with zero attached hydrogens (tertiary/aromatic N) is 3. The van der Waals surface area contributed by atoms with Gasteiger partial charge in [0, 0.05) is 12.7 Å². The van der Waals surface area contributed by atoms with Crippen molar-refractivity contribution < 1.29 is 0 Å². The first-order valence-corrected chi connectivity index (χ1v) is 4.88. The second-order valence-electron chi connectivity index (χ2n) is 3.24. The minimum atomic E-state index is 0.506. The highest BCUT2D eigenvalue weighted by Crippen LogP contribution is 2.20. The lowest BCUT2D eigenvalue weighted by atomic mass is 10.2. The third-order valence-corrected chi connectivity index (χ3v) is 2.04. The number of aromatic nitrogens is 2. The molecular weight excluding hydrogens is 232 g/mol. The van der Waals surface area contributed by atoms with Gasteiger partial charge in [0.05, 0.1) is 4.47 Å². The van der Waals surface area contributed by atoms with Crippen LogP contribution in [0.4, 0.5) is 5.82 Å². The molecule has 0 aliphatic rings. The minimum absolute atomic E-state index is 0.506. The molecule has 0 saturated carbocycles. The van der Waals surface area contributed by atoms with Gasteiger partial charge in [-0.1, -0.05) is 13.8 Å². The van der Waals surface area contributed by atoms with Gasteiger partial charge in [0.1, 0.15) is 6.33 Å². The van der Waals surface area contributed by atoms with Crippen molar-refractivity contribution in [1.29, 1.82) is 0 Å². The molecule has 1 aromatic heterocycles. The Balaban J connectivity index is 2.76. The summed E-state index contributed by atoms with van der Waals surface area (Å²) in [6.07, 6.45) is 3.17. The SMILES string of the molecule is CC(C)CN(N)c1ncncc1Br. The van der Waals surface area contributed by atoms with E-state index in [4.69, 9.17) is 5.84 Å². The minimum Gasteiger partial charge on any atom is -0.294 e. The second kappa shape index (κ2) is 4.53. The zero-order valence-electron chi connectivity index (χ0n) is 7.74. The Morgan fingerprint density at radius 1 is 1.62 bits per heavy atom. The largest absolute Gasteiger partial charge is 0.294 e. The molecular formula is C8H13BrN4. The summed E-state index contributed by atoms with van der Waals surface area (Å²) in [6, 6.07) is 0. The monoisotopic (exact) mass is 244 g/mol. The first-order chi connectivity index (χ1) is 6.11. The molecule has 0 radical (unpaired) electrons. The molecule has 1 heterocycles. The molecule has 2 N–H and O–H groups in total. The van der Waals surface area contributed by atoms with Crippen molar-refractivity contribution >= 4 is 21.7 Å². The van der Waals surface area contributed by atoms with Crippen molar-refractivity contribution in [3.8, 4) is 0 Å². The van der Waals surface area contributed by atoms with Gasteiger partial charge >= 0.3 is 0 Å². The standard InChI is InChI=1S/C8H13BrN4/c1-6(2)4-13(10)8-7(9)3-11-5-12-8/h3,5-6H,4,10H2,1-2H3. The Morgan fingerprint density at radius 2 is 2.31 bits per heavy atom. The van der Waals surface area contributed by atoms with Crippen molar-refractivity contribution in [3.05, 3.63) is 17.0 Å². The average molecular weight is 245 g/mol. The number of halogens is 1. The number of anilines is 1. The van der Waals surface area contributed by atoms with Gasteiger partial charge in [-0.25, -0.2) is 15.8 Å². The van der Waals surface area contributed by atoms with Crippen LogP contribution in [0.2, 0.25) is 0 Å². The van der Waals surface area contributed by atoms with Crippen molar-refractivity contribution in [2.24, 2.45) is 11.8 Å². The van der Waals surface area contributed by atoms with Gasteiger partial charge in [0.2, 0.25) is 0 Å². The Bertz CT molecular complexity index is 277. The smallest absolute Gasteiger partial charge is 0.160 e. The first kappa shape index (κ1) is 10.4. The molecule has 0 aliphatic carbocycles. The van der Waals surface area contributed by atoms with Gasteiger partial charge in [-0.2, -0.15) is 0 Å². The highest BCUT2D eigenvalue weighted by Gasteiger charge is 2.08. The summed E-state index contributed by atoms with van der Waals surface area (Å²) < 4.78 is 0.818. The Labute approximate surface area is 86.3 Å². The maximum atomic E-state index is 5.81. The second-order valence-corrected chi connectivity index (χ2v) is 4.09. The molecule has 13 heavy (non-hydrogen) atoms. The highest BCUT2D eigenvalue weighted by molar-refractivity contribution is 9.10. The third-order valence-electron chi connectivity index (χ3n) is 1.48. The van der Waals surface area contributed by atoms with Gasteiger partial charge in [-0.05, 0) is 21.8 Å². The molecule has 4 nitrogen and oxygen atoms in total. The van der Waals surface area contributed by atoms with Gasteiger partial charge < -0.3 is 0 Å². The van der Waals surface area contributed by atoms with Gasteiger partial charge in [0.25, 0.3) is 0 Å². The van der Waals surface area contributed by atoms with E-state index >= 15 is 0 Å². The van der Waals surface area contributed by atoms with Crippen LogP contribution in [-0.4, -0.2) is 16.5 Å². The average Bonchev–Trinajstić information content (AvgIpc) is 2.03. The predicted molar refractivity (Wildman–Crippen MR) is 56.1 cm³/mol. The fraction of sp³-hybridized carbons (Fsp3) is 0.500. The van der Waals surface area contributed by atoms with E-state index in [0.29, 0.717) is 5.92 Å². The van der Waals surface area contributed by atoms with Crippen molar-refractivity contribution in [2.45, 2.75) is 13.8 Å². The molecule has 0 fully saturated rings. The van der Waals surface area contributed by atoms with Crippen LogP contribution >= 0.6 is 15.9 Å². The van der Waals surface area contributed by atoms with Crippen LogP contribution in [0.1, 0.15) is 13.8 Å². The van der Waals surface area contributed by atoms with Crippen LogP contribution in [0, 0.1) is 5.92 Å². The van der Waals surface area contributed by atoms with Crippen LogP contribution in [-0.2, 0) is 0 Å². The molecule has 0 unspecified atom stereocenters. The topological polar surface area (TPSA) is 55.0 Å². The Hall–Kier alpha value is -0.680. The van der Waals surface area contributed by atoms with E-state index in [1.165, 1.54) is 6.33 Å². The lowest BCUT2D eigenvalue weighted by Gasteiger charge is -2.20. The highest BCUT2D eigenvalue weighted by atomic mass is 79.9. The molecule has 0 aliphatic heterocycles. The van der Waals surface area contributed by atoms with E-state index in [1.807, 2.05) is 0 Å². The van der Waals surface area contributed by atoms with E-state index in [0.717, 1.165) is 16.8 Å². The number of hydrogen-bond donors (Lipinski definition) is 1. The Morgan fingerprint density at radius 3 is 2.85 bits per heavy atom. The van der Waals surface area contributed by atoms with Crippen LogP contribution < -0.4 is 10.9 Å². The lowest BCUT2D eigenvalue weighted by molar-refractivity contribution is 0.615. The molecule has 0 saturated heterocycles. The molecule has 0 atom stereocenters. The van der Waals surface area contributed by atoms with E-state index in [-0.39, 0.29) is 0 Å². The molecule has 0 spiro atoms. The molecule has 1 aromatic rings. The molecule has 0 amide bonds. The summed E-state index contributed by atoms with van der Waals surface area (Å²) in [4.78, 5) is 7.94. The maximum Gasteiger partial charge on any atom is 0.160 e. The normalized spacial score (nSPS) is 10.5. The van der Waals surface area contributed by atoms with Crippen molar-refractivity contribution in [3.63, 3.8) is 0 Å². The van der Waals surface area contributed by atoms with Gasteiger partial charge in [-0.3, -0.25) is 5.01 Å². The Kier molecular flexibility index (Phi) is 3.62. The summed E-state index contributed by atoms with van der Waals surface area (Å²) in [5.41, 5.74) is 0. The zero-order valence-corrected chi connectivity index (χ0v) is 9.32. The predicted octanol–water partition coefficient (Wildman–Crippen LogP) is 1.58. The molecule has 1 rings (SSSR count). The number of nitrogens with two attached hydrogens (primary N) is 1. The van der Waals surface area contributed by atoms with E-state index in [2.05, 4.69) is 39.7 Å². The van der Waals surface area contributed by atoms with Crippen LogP contribution in [0.25, 0.3) is 0 Å². The molecule has 5 heteroatoms. The number of hydrogen-bond acceptors (Lipinski definition) is 4. The van der Waals surface area contributed by atoms with Gasteiger partial charge in [0.15, 0.2) is 5.82 Å². The molecule has 72 valence electrons. The zero-order chi connectivity index (χ0) is 9.84. The van der Waals surface area contributed by atoms with Crippen molar-refractivity contribution in [1.82, 2.24) is 9.97 Å². The molecule has 0 aromatic carbocycles. The summed E-state index contributed by atoms with van der Waals surface area (Å²) in [6.45, 7) is 4.99. The number of hydrazine groups is 1. The fourth-order valence-corrected chi connectivity index (χ4v) is 1.45. The maximum absolute atomic E-state index is 5.81. The van der Waals surface area contributed by atoms with Crippen LogP contribution in [0.3, 0.4) is 0 Å². The van der Waals surface area contributed by atoms with E-state index in [9.17, 15) is 0 Å². The van der Waals surface area contributed by atoms with E-state index < -0.39 is 0 Å². The summed E-state index contributed by atoms with van der Waals surface area (Å²) in [5, 5.41) is 1.62. The quantitative estimate of drug-likeness (QED) is 0.648. The van der Waals surface area contributed by atoms with Crippen LogP contribution in [0.15, 0.2) is 17.0 Å². The summed E-state index contributed by atoms with van der Waals surface area (Å²) >= 11 is 3.34. The first-order valence-electron chi connectivity index (χ1n) is 4.09. The van der Waals surface area contributed by atoms with Crippen molar-refractivity contribution in [2.75, 3.05) is 11.6 Å². The lowest BCUT2D eigenvalue weighted by Crippen LogP contribution is -2.35. The number of rotatable bonds is 3.